The van der Waals surface area contributed by atoms with Crippen LogP contribution < -0.4 is 0 Å². The summed E-state index contributed by atoms with van der Waals surface area (Å²) in [5.74, 6) is 0.786. The highest BCUT2D eigenvalue weighted by Gasteiger charge is 2.16. The van der Waals surface area contributed by atoms with Crippen molar-refractivity contribution in [1.29, 1.82) is 0 Å². The van der Waals surface area contributed by atoms with Crippen LogP contribution in [0.25, 0.3) is 11.3 Å². The van der Waals surface area contributed by atoms with Gasteiger partial charge in [-0.05, 0) is 25.8 Å². The Hall–Kier alpha value is -1.77. The Morgan fingerprint density at radius 2 is 2.00 bits per heavy atom. The lowest BCUT2D eigenvalue weighted by atomic mass is 10.1. The van der Waals surface area contributed by atoms with Gasteiger partial charge in [-0.2, -0.15) is 5.10 Å². The monoisotopic (exact) mass is 244 g/mol. The topological polar surface area (TPSA) is 38.1 Å². The first-order valence-corrected chi connectivity index (χ1v) is 6.32. The van der Waals surface area contributed by atoms with Crippen molar-refractivity contribution >= 4 is 0 Å². The van der Waals surface area contributed by atoms with Crippen molar-refractivity contribution in [2.75, 3.05) is 0 Å². The third-order valence-electron chi connectivity index (χ3n) is 2.93. The Morgan fingerprint density at radius 3 is 2.61 bits per heavy atom. The Kier molecular flexibility index (Phi) is 3.41. The first-order chi connectivity index (χ1) is 8.49. The Morgan fingerprint density at radius 1 is 1.28 bits per heavy atom. The fourth-order valence-electron chi connectivity index (χ4n) is 2.13. The Labute approximate surface area is 108 Å². The SMILES string of the molecule is Cc1cccc(-c2c(O)c(C)nn2CC(C)C)c1. The summed E-state index contributed by atoms with van der Waals surface area (Å²) in [6.07, 6.45) is 0. The van der Waals surface area contributed by atoms with Gasteiger partial charge < -0.3 is 5.11 Å². The first-order valence-electron chi connectivity index (χ1n) is 6.32. The van der Waals surface area contributed by atoms with Gasteiger partial charge in [0, 0.05) is 12.1 Å². The van der Waals surface area contributed by atoms with Crippen molar-refractivity contribution in [3.8, 4) is 17.0 Å². The summed E-state index contributed by atoms with van der Waals surface area (Å²) in [4.78, 5) is 0. The molecule has 0 spiro atoms. The molecule has 0 aliphatic rings. The Balaban J connectivity index is 2.55. The van der Waals surface area contributed by atoms with E-state index >= 15 is 0 Å². The van der Waals surface area contributed by atoms with E-state index in [1.54, 1.807) is 0 Å². The van der Waals surface area contributed by atoms with Gasteiger partial charge in [-0.15, -0.1) is 0 Å². The lowest BCUT2D eigenvalue weighted by molar-refractivity contribution is 0.467. The average molecular weight is 244 g/mol. The maximum atomic E-state index is 10.2. The summed E-state index contributed by atoms with van der Waals surface area (Å²) in [6.45, 7) is 8.99. The lowest BCUT2D eigenvalue weighted by Gasteiger charge is -2.10. The normalized spacial score (nSPS) is 11.2. The van der Waals surface area contributed by atoms with E-state index in [4.69, 9.17) is 0 Å². The maximum absolute atomic E-state index is 10.2. The zero-order valence-corrected chi connectivity index (χ0v) is 11.4. The highest BCUT2D eigenvalue weighted by molar-refractivity contribution is 5.68. The van der Waals surface area contributed by atoms with Crippen molar-refractivity contribution in [2.45, 2.75) is 34.2 Å². The number of hydrogen-bond acceptors (Lipinski definition) is 2. The van der Waals surface area contributed by atoms with Crippen LogP contribution in [0.1, 0.15) is 25.1 Å². The zero-order valence-electron chi connectivity index (χ0n) is 11.4. The number of hydrogen-bond donors (Lipinski definition) is 1. The molecular weight excluding hydrogens is 224 g/mol. The molecule has 18 heavy (non-hydrogen) atoms. The van der Waals surface area contributed by atoms with Crippen LogP contribution in [0.2, 0.25) is 0 Å². The molecule has 0 fully saturated rings. The zero-order chi connectivity index (χ0) is 13.3. The molecule has 1 aromatic carbocycles. The molecule has 0 saturated carbocycles. The van der Waals surface area contributed by atoms with Crippen LogP contribution in [-0.4, -0.2) is 14.9 Å². The maximum Gasteiger partial charge on any atom is 0.164 e. The van der Waals surface area contributed by atoms with Gasteiger partial charge in [0.05, 0.1) is 0 Å². The fraction of sp³-hybridized carbons (Fsp3) is 0.400. The third kappa shape index (κ3) is 2.40. The number of aromatic hydroxyl groups is 1. The molecule has 0 radical (unpaired) electrons. The molecule has 0 bridgehead atoms. The number of aryl methyl sites for hydroxylation is 2. The van der Waals surface area contributed by atoms with Gasteiger partial charge in [0.2, 0.25) is 0 Å². The number of nitrogens with zero attached hydrogens (tertiary/aromatic N) is 2. The van der Waals surface area contributed by atoms with E-state index in [0.29, 0.717) is 17.4 Å². The number of rotatable bonds is 3. The molecule has 0 saturated heterocycles. The largest absolute Gasteiger partial charge is 0.504 e. The summed E-state index contributed by atoms with van der Waals surface area (Å²) >= 11 is 0. The molecular formula is C15H20N2O. The lowest BCUT2D eigenvalue weighted by Crippen LogP contribution is -2.07. The quantitative estimate of drug-likeness (QED) is 0.897. The van der Waals surface area contributed by atoms with Gasteiger partial charge in [-0.25, -0.2) is 0 Å². The molecule has 1 N–H and O–H groups in total. The van der Waals surface area contributed by atoms with Gasteiger partial charge >= 0.3 is 0 Å². The molecule has 0 amide bonds. The molecule has 96 valence electrons. The van der Waals surface area contributed by atoms with Crippen molar-refractivity contribution in [3.05, 3.63) is 35.5 Å². The highest BCUT2D eigenvalue weighted by atomic mass is 16.3. The molecule has 0 aliphatic heterocycles. The fourth-order valence-corrected chi connectivity index (χ4v) is 2.13. The van der Waals surface area contributed by atoms with Crippen LogP contribution in [0, 0.1) is 19.8 Å². The van der Waals surface area contributed by atoms with Crippen molar-refractivity contribution in [1.82, 2.24) is 9.78 Å². The summed E-state index contributed by atoms with van der Waals surface area (Å²) in [5.41, 5.74) is 3.72. The van der Waals surface area contributed by atoms with Gasteiger partial charge in [-0.1, -0.05) is 37.6 Å². The minimum atomic E-state index is 0.293. The summed E-state index contributed by atoms with van der Waals surface area (Å²) < 4.78 is 1.91. The number of aromatic nitrogens is 2. The number of benzene rings is 1. The molecule has 2 aromatic rings. The molecule has 3 heteroatoms. The van der Waals surface area contributed by atoms with Crippen LogP contribution >= 0.6 is 0 Å². The van der Waals surface area contributed by atoms with Crippen LogP contribution in [0.15, 0.2) is 24.3 Å². The molecule has 2 rings (SSSR count). The summed E-state index contributed by atoms with van der Waals surface area (Å²) in [5, 5.41) is 14.6. The van der Waals surface area contributed by atoms with E-state index in [0.717, 1.165) is 17.8 Å². The van der Waals surface area contributed by atoms with Crippen molar-refractivity contribution in [3.63, 3.8) is 0 Å². The van der Waals surface area contributed by atoms with E-state index in [-0.39, 0.29) is 0 Å². The molecule has 3 nitrogen and oxygen atoms in total. The van der Waals surface area contributed by atoms with Crippen LogP contribution in [0.5, 0.6) is 5.75 Å². The second-order valence-electron chi connectivity index (χ2n) is 5.23. The molecule has 0 aliphatic carbocycles. The van der Waals surface area contributed by atoms with Crippen molar-refractivity contribution in [2.24, 2.45) is 5.92 Å². The standard InChI is InChI=1S/C15H20N2O/c1-10(2)9-17-14(15(18)12(4)16-17)13-7-5-6-11(3)8-13/h5-8,10,18H,9H2,1-4H3. The highest BCUT2D eigenvalue weighted by Crippen LogP contribution is 2.32. The molecule has 1 heterocycles. The van der Waals surface area contributed by atoms with Crippen LogP contribution in [-0.2, 0) is 6.54 Å². The van der Waals surface area contributed by atoms with E-state index in [1.165, 1.54) is 5.56 Å². The molecule has 0 atom stereocenters. The summed E-state index contributed by atoms with van der Waals surface area (Å²) in [7, 11) is 0. The predicted molar refractivity (Wildman–Crippen MR) is 73.6 cm³/mol. The van der Waals surface area contributed by atoms with Gasteiger partial charge in [-0.3, -0.25) is 4.68 Å². The average Bonchev–Trinajstić information content (AvgIpc) is 2.53. The van der Waals surface area contributed by atoms with Crippen molar-refractivity contribution < 1.29 is 5.11 Å². The minimum absolute atomic E-state index is 0.293. The van der Waals surface area contributed by atoms with E-state index < -0.39 is 0 Å². The van der Waals surface area contributed by atoms with Crippen LogP contribution in [0.3, 0.4) is 0 Å². The predicted octanol–water partition coefficient (Wildman–Crippen LogP) is 3.53. The van der Waals surface area contributed by atoms with E-state index in [2.05, 4.69) is 38.0 Å². The van der Waals surface area contributed by atoms with Gasteiger partial charge in [0.1, 0.15) is 11.4 Å². The second-order valence-corrected chi connectivity index (χ2v) is 5.23. The van der Waals surface area contributed by atoms with E-state index in [9.17, 15) is 5.11 Å². The third-order valence-corrected chi connectivity index (χ3v) is 2.93. The van der Waals surface area contributed by atoms with Gasteiger partial charge in [0.15, 0.2) is 5.75 Å². The summed E-state index contributed by atoms with van der Waals surface area (Å²) in [6, 6.07) is 8.15. The van der Waals surface area contributed by atoms with Gasteiger partial charge in [0.25, 0.3) is 0 Å². The second kappa shape index (κ2) is 4.84. The molecule has 1 aromatic heterocycles. The van der Waals surface area contributed by atoms with E-state index in [1.807, 2.05) is 23.7 Å². The van der Waals surface area contributed by atoms with Crippen LogP contribution in [0.4, 0.5) is 0 Å². The minimum Gasteiger partial charge on any atom is -0.504 e. The first kappa shape index (κ1) is 12.7. The molecule has 0 unspecified atom stereocenters. The Bertz CT molecular complexity index is 556. The smallest absolute Gasteiger partial charge is 0.164 e.